The molecule has 1 aliphatic heterocycles. The van der Waals surface area contributed by atoms with E-state index < -0.39 is 0 Å². The third-order valence-corrected chi connectivity index (χ3v) is 5.87. The van der Waals surface area contributed by atoms with E-state index in [0.717, 1.165) is 30.5 Å². The van der Waals surface area contributed by atoms with Crippen LogP contribution in [0.4, 0.5) is 4.39 Å². The number of hydrogen-bond acceptors (Lipinski definition) is 6. The molecule has 0 bridgehead atoms. The van der Waals surface area contributed by atoms with Crippen LogP contribution in [0.25, 0.3) is 11.3 Å². The summed E-state index contributed by atoms with van der Waals surface area (Å²) in [6.07, 6.45) is 7.43. The number of hydrogen-bond donors (Lipinski definition) is 0. The molecule has 1 aliphatic rings. The third-order valence-electron chi connectivity index (χ3n) is 5.87. The van der Waals surface area contributed by atoms with Gasteiger partial charge in [-0.3, -0.25) is 9.48 Å². The maximum absolute atomic E-state index is 13.4. The zero-order valence-electron chi connectivity index (χ0n) is 18.3. The quantitative estimate of drug-likeness (QED) is 0.436. The van der Waals surface area contributed by atoms with Gasteiger partial charge >= 0.3 is 0 Å². The Labute approximate surface area is 190 Å². The molecule has 1 fully saturated rings. The van der Waals surface area contributed by atoms with Gasteiger partial charge in [0.25, 0.3) is 5.91 Å². The Balaban J connectivity index is 1.25. The number of benzene rings is 1. The minimum atomic E-state index is -0.275. The van der Waals surface area contributed by atoms with Gasteiger partial charge in [-0.15, -0.1) is 0 Å². The second-order valence-corrected chi connectivity index (χ2v) is 8.22. The summed E-state index contributed by atoms with van der Waals surface area (Å²) in [6, 6.07) is 8.09. The number of piperidine rings is 1. The van der Waals surface area contributed by atoms with Gasteiger partial charge < -0.3 is 13.8 Å². The van der Waals surface area contributed by atoms with Gasteiger partial charge in [-0.05, 0) is 37.5 Å². The van der Waals surface area contributed by atoms with Crippen LogP contribution >= 0.6 is 0 Å². The van der Waals surface area contributed by atoms with Crippen LogP contribution in [-0.4, -0.2) is 43.8 Å². The molecule has 8 nitrogen and oxygen atoms in total. The fourth-order valence-electron chi connectivity index (χ4n) is 4.14. The topological polar surface area (TPSA) is 90.2 Å². The van der Waals surface area contributed by atoms with Gasteiger partial charge in [0.2, 0.25) is 5.76 Å². The van der Waals surface area contributed by atoms with Crippen molar-refractivity contribution in [2.75, 3.05) is 13.1 Å². The molecule has 1 amide bonds. The van der Waals surface area contributed by atoms with Crippen molar-refractivity contribution in [3.8, 4) is 11.3 Å². The highest BCUT2D eigenvalue weighted by molar-refractivity contribution is 5.92. The number of rotatable bonds is 6. The van der Waals surface area contributed by atoms with Crippen LogP contribution in [0.3, 0.4) is 0 Å². The lowest BCUT2D eigenvalue weighted by atomic mass is 9.98. The number of oxazole rings is 1. The Morgan fingerprint density at radius 1 is 1.27 bits per heavy atom. The van der Waals surface area contributed by atoms with Crippen LogP contribution in [0, 0.1) is 5.82 Å². The molecule has 4 heterocycles. The lowest BCUT2D eigenvalue weighted by Crippen LogP contribution is -2.39. The van der Waals surface area contributed by atoms with Gasteiger partial charge in [0, 0.05) is 43.9 Å². The Kier molecular flexibility index (Phi) is 5.77. The average molecular weight is 449 g/mol. The fourth-order valence-corrected chi connectivity index (χ4v) is 4.14. The predicted molar refractivity (Wildman–Crippen MR) is 117 cm³/mol. The molecule has 3 aromatic heterocycles. The van der Waals surface area contributed by atoms with Crippen molar-refractivity contribution >= 4 is 5.91 Å². The third kappa shape index (κ3) is 4.57. The summed E-state index contributed by atoms with van der Waals surface area (Å²) in [5.74, 6) is 0.996. The molecule has 170 valence electrons. The number of carbonyl (C=O) groups excluding carboxylic acids is 1. The Hall–Kier alpha value is -3.75. The molecule has 1 saturated heterocycles. The van der Waals surface area contributed by atoms with Gasteiger partial charge in [-0.2, -0.15) is 5.10 Å². The minimum absolute atomic E-state index is 0.00543. The molecular weight excluding hydrogens is 425 g/mol. The Morgan fingerprint density at radius 2 is 2.18 bits per heavy atom. The molecule has 0 saturated carbocycles. The first-order valence-electron chi connectivity index (χ1n) is 11.1. The van der Waals surface area contributed by atoms with Crippen molar-refractivity contribution in [3.63, 3.8) is 0 Å². The molecule has 0 spiro atoms. The van der Waals surface area contributed by atoms with Crippen LogP contribution in [0.1, 0.15) is 53.5 Å². The van der Waals surface area contributed by atoms with Crippen molar-refractivity contribution in [1.82, 2.24) is 24.8 Å². The normalized spacial score (nSPS) is 16.3. The largest absolute Gasteiger partial charge is 0.445 e. The number of likely N-dealkylation sites (tertiary alicyclic amines) is 1. The Morgan fingerprint density at radius 3 is 3.00 bits per heavy atom. The van der Waals surface area contributed by atoms with E-state index in [9.17, 15) is 9.18 Å². The smallest absolute Gasteiger partial charge is 0.292 e. The van der Waals surface area contributed by atoms with Crippen LogP contribution in [0.15, 0.2) is 57.9 Å². The highest BCUT2D eigenvalue weighted by atomic mass is 19.1. The molecule has 1 atom stereocenters. The van der Waals surface area contributed by atoms with E-state index in [4.69, 9.17) is 8.94 Å². The zero-order chi connectivity index (χ0) is 22.8. The van der Waals surface area contributed by atoms with Crippen molar-refractivity contribution < 1.29 is 18.1 Å². The van der Waals surface area contributed by atoms with Crippen molar-refractivity contribution in [1.29, 1.82) is 0 Å². The molecule has 9 heteroatoms. The van der Waals surface area contributed by atoms with Crippen molar-refractivity contribution in [2.45, 2.75) is 38.6 Å². The Bertz CT molecular complexity index is 1260. The van der Waals surface area contributed by atoms with Crippen molar-refractivity contribution in [3.05, 3.63) is 77.7 Å². The second-order valence-electron chi connectivity index (χ2n) is 8.22. The lowest BCUT2D eigenvalue weighted by Gasteiger charge is -2.30. The predicted octanol–water partition coefficient (Wildman–Crippen LogP) is 4.30. The first-order valence-corrected chi connectivity index (χ1v) is 11.1. The molecule has 0 unspecified atom stereocenters. The summed E-state index contributed by atoms with van der Waals surface area (Å²) in [4.78, 5) is 19.2. The fraction of sp³-hybridized carbons (Fsp3) is 0.333. The highest BCUT2D eigenvalue weighted by Crippen LogP contribution is 2.29. The standard InChI is InChI=1S/C24H24FN5O3/c1-2-30-15-18(12-27-30)21-11-22(33-28-21)24(31)29-8-4-6-17(14-29)23-26-13-20(32-23)10-16-5-3-7-19(25)9-16/h3,5,7,9,11-13,15,17H,2,4,6,8,10,14H2,1H3/t17-/m0/s1. The second kappa shape index (κ2) is 9.01. The van der Waals surface area contributed by atoms with Crippen LogP contribution < -0.4 is 0 Å². The van der Waals surface area contributed by atoms with E-state index in [1.165, 1.54) is 12.1 Å². The first-order chi connectivity index (χ1) is 16.1. The summed E-state index contributed by atoms with van der Waals surface area (Å²) in [6.45, 7) is 3.88. The van der Waals surface area contributed by atoms with Crippen LogP contribution in [0.5, 0.6) is 0 Å². The molecule has 1 aromatic carbocycles. The molecular formula is C24H24FN5O3. The van der Waals surface area contributed by atoms with Gasteiger partial charge in [0.05, 0.1) is 18.3 Å². The minimum Gasteiger partial charge on any atom is -0.445 e. The molecule has 0 radical (unpaired) electrons. The number of halogens is 1. The molecule has 5 rings (SSSR count). The summed E-state index contributed by atoms with van der Waals surface area (Å²) < 4.78 is 26.5. The van der Waals surface area contributed by atoms with Gasteiger partial charge in [-0.1, -0.05) is 17.3 Å². The number of aromatic nitrogens is 4. The van der Waals surface area contributed by atoms with E-state index in [1.807, 2.05) is 19.2 Å². The van der Waals surface area contributed by atoms with Crippen LogP contribution in [0.2, 0.25) is 0 Å². The van der Waals surface area contributed by atoms with E-state index in [1.54, 1.807) is 34.1 Å². The van der Waals surface area contributed by atoms with E-state index >= 15 is 0 Å². The van der Waals surface area contributed by atoms with Gasteiger partial charge in [0.15, 0.2) is 5.89 Å². The first kappa shape index (κ1) is 21.1. The average Bonchev–Trinajstić information content (AvgIpc) is 3.59. The zero-order valence-corrected chi connectivity index (χ0v) is 18.3. The van der Waals surface area contributed by atoms with Gasteiger partial charge in [0.1, 0.15) is 17.3 Å². The number of amides is 1. The summed E-state index contributed by atoms with van der Waals surface area (Å²) in [7, 11) is 0. The maximum Gasteiger partial charge on any atom is 0.292 e. The number of nitrogens with zero attached hydrogens (tertiary/aromatic N) is 5. The lowest BCUT2D eigenvalue weighted by molar-refractivity contribution is 0.0656. The number of aryl methyl sites for hydroxylation is 1. The highest BCUT2D eigenvalue weighted by Gasteiger charge is 2.30. The monoisotopic (exact) mass is 449 g/mol. The SMILES string of the molecule is CCn1cc(-c2cc(C(=O)N3CCC[C@H](c4ncc(Cc5cccc(F)c5)o4)C3)on2)cn1. The molecule has 0 aliphatic carbocycles. The molecule has 4 aromatic rings. The van der Waals surface area contributed by atoms with E-state index in [0.29, 0.717) is 36.9 Å². The van der Waals surface area contributed by atoms with E-state index in [-0.39, 0.29) is 23.4 Å². The number of carbonyl (C=O) groups is 1. The van der Waals surface area contributed by atoms with E-state index in [2.05, 4.69) is 15.2 Å². The summed E-state index contributed by atoms with van der Waals surface area (Å²) in [5.41, 5.74) is 2.21. The maximum atomic E-state index is 13.4. The van der Waals surface area contributed by atoms with Crippen molar-refractivity contribution in [2.24, 2.45) is 0 Å². The summed E-state index contributed by atoms with van der Waals surface area (Å²) in [5, 5.41) is 8.28. The molecule has 0 N–H and O–H groups in total. The van der Waals surface area contributed by atoms with Crippen LogP contribution in [-0.2, 0) is 13.0 Å². The van der Waals surface area contributed by atoms with Gasteiger partial charge in [-0.25, -0.2) is 9.37 Å². The molecule has 33 heavy (non-hydrogen) atoms. The summed E-state index contributed by atoms with van der Waals surface area (Å²) >= 11 is 0.